The molecule has 2 rings (SSSR count). The van der Waals surface area contributed by atoms with Crippen LogP contribution in [0.15, 0.2) is 29.4 Å². The van der Waals surface area contributed by atoms with Gasteiger partial charge in [-0.1, -0.05) is 41.6 Å². The third-order valence-electron chi connectivity index (χ3n) is 2.54. The average Bonchev–Trinajstić information content (AvgIpc) is 2.67. The summed E-state index contributed by atoms with van der Waals surface area (Å²) in [7, 11) is 1.77. The first-order valence-electron chi connectivity index (χ1n) is 5.84. The Morgan fingerprint density at radius 1 is 1.47 bits per heavy atom. The van der Waals surface area contributed by atoms with E-state index in [9.17, 15) is 4.79 Å². The molecule has 0 fully saturated rings. The van der Waals surface area contributed by atoms with Crippen molar-refractivity contribution in [3.8, 4) is 0 Å². The molecule has 1 aromatic heterocycles. The highest BCUT2D eigenvalue weighted by atomic mass is 32.2. The van der Waals surface area contributed by atoms with Gasteiger partial charge < -0.3 is 5.11 Å². The molecule has 0 saturated heterocycles. The lowest BCUT2D eigenvalue weighted by molar-refractivity contribution is -0.133. The summed E-state index contributed by atoms with van der Waals surface area (Å²) in [5.74, 6) is -0.148. The second-order valence-corrected chi connectivity index (χ2v) is 5.22. The Morgan fingerprint density at radius 2 is 2.26 bits per heavy atom. The van der Waals surface area contributed by atoms with E-state index < -0.39 is 5.97 Å². The summed E-state index contributed by atoms with van der Waals surface area (Å²) < 4.78 is 1.62. The molecule has 19 heavy (non-hydrogen) atoms. The number of nitrogens with zero attached hydrogens (tertiary/aromatic N) is 3. The topological polar surface area (TPSA) is 68.0 Å². The predicted octanol–water partition coefficient (Wildman–Crippen LogP) is 1.89. The van der Waals surface area contributed by atoms with Crippen LogP contribution in [0.1, 0.15) is 17.0 Å². The van der Waals surface area contributed by atoms with Gasteiger partial charge in [-0.25, -0.2) is 9.67 Å². The first-order chi connectivity index (χ1) is 9.04. The van der Waals surface area contributed by atoms with Crippen LogP contribution in [0.25, 0.3) is 0 Å². The molecule has 0 unspecified atom stereocenters. The number of carboxylic acids is 1. The first-order valence-corrected chi connectivity index (χ1v) is 6.83. The second-order valence-electron chi connectivity index (χ2n) is 4.28. The fourth-order valence-corrected chi connectivity index (χ4v) is 2.40. The summed E-state index contributed by atoms with van der Waals surface area (Å²) in [6.45, 7) is 2.05. The minimum absolute atomic E-state index is 0.00355. The molecule has 5 nitrogen and oxygen atoms in total. The van der Waals surface area contributed by atoms with Crippen LogP contribution in [0.3, 0.4) is 0 Å². The quantitative estimate of drug-likeness (QED) is 0.845. The molecule has 0 bridgehead atoms. The van der Waals surface area contributed by atoms with Crippen molar-refractivity contribution in [1.82, 2.24) is 14.8 Å². The number of hydrogen-bond acceptors (Lipinski definition) is 4. The SMILES string of the molecule is Cc1cccc(Cc2nc(SCC(=O)O)n(C)n2)c1. The van der Waals surface area contributed by atoms with Crippen LogP contribution in [0.5, 0.6) is 0 Å². The van der Waals surface area contributed by atoms with Crippen molar-refractivity contribution in [2.24, 2.45) is 7.05 Å². The van der Waals surface area contributed by atoms with E-state index in [0.717, 1.165) is 5.56 Å². The summed E-state index contributed by atoms with van der Waals surface area (Å²) >= 11 is 1.18. The van der Waals surface area contributed by atoms with Crippen molar-refractivity contribution in [3.05, 3.63) is 41.2 Å². The molecule has 0 amide bonds. The second kappa shape index (κ2) is 5.88. The predicted molar refractivity (Wildman–Crippen MR) is 73.3 cm³/mol. The molecular formula is C13H15N3O2S. The molecule has 0 aliphatic rings. The highest BCUT2D eigenvalue weighted by molar-refractivity contribution is 7.99. The number of benzene rings is 1. The van der Waals surface area contributed by atoms with Crippen LogP contribution in [0, 0.1) is 6.92 Å². The molecule has 0 aliphatic heterocycles. The summed E-state index contributed by atoms with van der Waals surface area (Å²) in [6.07, 6.45) is 0.656. The van der Waals surface area contributed by atoms with Crippen molar-refractivity contribution < 1.29 is 9.90 Å². The van der Waals surface area contributed by atoms with Crippen molar-refractivity contribution in [2.75, 3.05) is 5.75 Å². The Kier molecular flexibility index (Phi) is 4.21. The Labute approximate surface area is 115 Å². The van der Waals surface area contributed by atoms with Crippen LogP contribution in [-0.2, 0) is 18.3 Å². The molecule has 2 aromatic rings. The van der Waals surface area contributed by atoms with Crippen LogP contribution in [-0.4, -0.2) is 31.6 Å². The van der Waals surface area contributed by atoms with E-state index >= 15 is 0 Å². The maximum absolute atomic E-state index is 10.5. The maximum Gasteiger partial charge on any atom is 0.313 e. The lowest BCUT2D eigenvalue weighted by Gasteiger charge is -1.98. The Balaban J connectivity index is 2.09. The fourth-order valence-electron chi connectivity index (χ4n) is 1.75. The molecule has 0 radical (unpaired) electrons. The van der Waals surface area contributed by atoms with E-state index in [2.05, 4.69) is 16.1 Å². The Morgan fingerprint density at radius 3 is 2.95 bits per heavy atom. The summed E-state index contributed by atoms with van der Waals surface area (Å²) in [4.78, 5) is 14.9. The zero-order valence-corrected chi connectivity index (χ0v) is 11.6. The van der Waals surface area contributed by atoms with Crippen molar-refractivity contribution >= 4 is 17.7 Å². The van der Waals surface area contributed by atoms with Crippen molar-refractivity contribution in [1.29, 1.82) is 0 Å². The minimum Gasteiger partial charge on any atom is -0.481 e. The van der Waals surface area contributed by atoms with Gasteiger partial charge in [0.1, 0.15) is 0 Å². The zero-order chi connectivity index (χ0) is 13.8. The van der Waals surface area contributed by atoms with Gasteiger partial charge in [-0.15, -0.1) is 0 Å². The van der Waals surface area contributed by atoms with Crippen LogP contribution < -0.4 is 0 Å². The third-order valence-corrected chi connectivity index (χ3v) is 3.54. The summed E-state index contributed by atoms with van der Waals surface area (Å²) in [5.41, 5.74) is 2.36. The Bertz CT molecular complexity index is 595. The minimum atomic E-state index is -0.853. The maximum atomic E-state index is 10.5. The van der Waals surface area contributed by atoms with Crippen LogP contribution in [0.2, 0.25) is 0 Å². The molecule has 6 heteroatoms. The number of thioether (sulfide) groups is 1. The number of aryl methyl sites for hydroxylation is 2. The third kappa shape index (κ3) is 3.82. The smallest absolute Gasteiger partial charge is 0.313 e. The van der Waals surface area contributed by atoms with Gasteiger partial charge in [-0.3, -0.25) is 4.79 Å². The molecule has 0 atom stereocenters. The van der Waals surface area contributed by atoms with E-state index in [4.69, 9.17) is 5.11 Å². The number of carboxylic acid groups (broad SMARTS) is 1. The monoisotopic (exact) mass is 277 g/mol. The molecular weight excluding hydrogens is 262 g/mol. The molecule has 1 heterocycles. The van der Waals surface area contributed by atoms with Gasteiger partial charge in [0.25, 0.3) is 0 Å². The molecule has 1 N–H and O–H groups in total. The van der Waals surface area contributed by atoms with Gasteiger partial charge in [0, 0.05) is 13.5 Å². The van der Waals surface area contributed by atoms with Gasteiger partial charge in [-0.05, 0) is 12.5 Å². The fraction of sp³-hybridized carbons (Fsp3) is 0.308. The van der Waals surface area contributed by atoms with E-state index in [1.165, 1.54) is 17.3 Å². The highest BCUT2D eigenvalue weighted by Gasteiger charge is 2.10. The molecule has 0 spiro atoms. The van der Waals surface area contributed by atoms with E-state index in [-0.39, 0.29) is 5.75 Å². The normalized spacial score (nSPS) is 10.6. The van der Waals surface area contributed by atoms with Gasteiger partial charge in [0.15, 0.2) is 11.0 Å². The standard InChI is InChI=1S/C13H15N3O2S/c1-9-4-3-5-10(6-9)7-11-14-13(16(2)15-11)19-8-12(17)18/h3-6H,7-8H2,1-2H3,(H,17,18). The average molecular weight is 277 g/mol. The molecule has 100 valence electrons. The van der Waals surface area contributed by atoms with Crippen molar-refractivity contribution in [2.45, 2.75) is 18.5 Å². The van der Waals surface area contributed by atoms with Crippen molar-refractivity contribution in [3.63, 3.8) is 0 Å². The number of aromatic nitrogens is 3. The lowest BCUT2D eigenvalue weighted by Crippen LogP contribution is -2.00. The van der Waals surface area contributed by atoms with Gasteiger partial charge >= 0.3 is 5.97 Å². The number of hydrogen-bond donors (Lipinski definition) is 1. The number of carbonyl (C=O) groups is 1. The van der Waals surface area contributed by atoms with E-state index in [0.29, 0.717) is 17.4 Å². The van der Waals surface area contributed by atoms with Gasteiger partial charge in [0.05, 0.1) is 5.75 Å². The summed E-state index contributed by atoms with van der Waals surface area (Å²) in [6, 6.07) is 8.19. The largest absolute Gasteiger partial charge is 0.481 e. The van der Waals surface area contributed by atoms with E-state index in [1.807, 2.05) is 25.1 Å². The first kappa shape index (κ1) is 13.6. The lowest BCUT2D eigenvalue weighted by atomic mass is 10.1. The molecule has 0 saturated carbocycles. The molecule has 0 aliphatic carbocycles. The van der Waals surface area contributed by atoms with Crippen LogP contribution >= 0.6 is 11.8 Å². The molecule has 1 aromatic carbocycles. The number of rotatable bonds is 5. The zero-order valence-electron chi connectivity index (χ0n) is 10.8. The van der Waals surface area contributed by atoms with Gasteiger partial charge in [-0.2, -0.15) is 5.10 Å². The highest BCUT2D eigenvalue weighted by Crippen LogP contribution is 2.16. The number of aliphatic carboxylic acids is 1. The Hall–Kier alpha value is -1.82. The van der Waals surface area contributed by atoms with Crippen LogP contribution in [0.4, 0.5) is 0 Å². The van der Waals surface area contributed by atoms with E-state index in [1.54, 1.807) is 11.7 Å². The van der Waals surface area contributed by atoms with Gasteiger partial charge in [0.2, 0.25) is 0 Å². The summed E-state index contributed by atoms with van der Waals surface area (Å²) in [5, 5.41) is 13.6.